The van der Waals surface area contributed by atoms with Gasteiger partial charge in [-0.05, 0) is 61.2 Å². The summed E-state index contributed by atoms with van der Waals surface area (Å²) in [5.74, 6) is 0.635. The van der Waals surface area contributed by atoms with Crippen LogP contribution in [-0.4, -0.2) is 38.1 Å². The van der Waals surface area contributed by atoms with Crippen LogP contribution in [0.25, 0.3) is 11.8 Å². The van der Waals surface area contributed by atoms with E-state index in [4.69, 9.17) is 10.1 Å². The quantitative estimate of drug-likeness (QED) is 0.755. The molecule has 1 amide bonds. The number of nitrogens with zero attached hydrogens (tertiary/aromatic N) is 4. The van der Waals surface area contributed by atoms with E-state index in [0.29, 0.717) is 11.8 Å². The van der Waals surface area contributed by atoms with E-state index in [1.165, 1.54) is 16.8 Å². The molecule has 1 aromatic heterocycles. The monoisotopic (exact) mass is 407 g/mol. The molecule has 0 bridgehead atoms. The minimum Gasteiger partial charge on any atom is -0.494 e. The maximum Gasteiger partial charge on any atom is 0.283 e. The molecule has 0 saturated heterocycles. The molecule has 1 aromatic carbocycles. The van der Waals surface area contributed by atoms with Crippen molar-refractivity contribution in [2.75, 3.05) is 6.61 Å². The van der Waals surface area contributed by atoms with Crippen LogP contribution in [0.2, 0.25) is 0 Å². The summed E-state index contributed by atoms with van der Waals surface area (Å²) in [6, 6.07) is 11.5. The zero-order valence-corrected chi connectivity index (χ0v) is 17.2. The normalized spacial score (nSPS) is 17.7. The SMILES string of the molecule is CCOc1ccc(-n2cccc2/C=C2/C(=N)N3N=C(C(C)C)SC3=NC2=O)cc1. The van der Waals surface area contributed by atoms with Gasteiger partial charge in [0, 0.05) is 23.5 Å². The number of amides is 1. The molecule has 1 N–H and O–H groups in total. The molecule has 2 aliphatic heterocycles. The smallest absolute Gasteiger partial charge is 0.283 e. The van der Waals surface area contributed by atoms with Gasteiger partial charge in [-0.1, -0.05) is 13.8 Å². The second-order valence-electron chi connectivity index (χ2n) is 6.84. The van der Waals surface area contributed by atoms with E-state index in [1.54, 1.807) is 6.08 Å². The van der Waals surface area contributed by atoms with Gasteiger partial charge in [-0.3, -0.25) is 10.2 Å². The lowest BCUT2D eigenvalue weighted by Crippen LogP contribution is -2.35. The third-order valence-corrected chi connectivity index (χ3v) is 5.67. The van der Waals surface area contributed by atoms with E-state index < -0.39 is 5.91 Å². The summed E-state index contributed by atoms with van der Waals surface area (Å²) >= 11 is 1.35. The Morgan fingerprint density at radius 1 is 1.24 bits per heavy atom. The zero-order valence-electron chi connectivity index (χ0n) is 16.4. The Kier molecular flexibility index (Phi) is 5.10. The molecule has 0 radical (unpaired) electrons. The van der Waals surface area contributed by atoms with Crippen LogP contribution in [0.5, 0.6) is 5.75 Å². The fraction of sp³-hybridized carbons (Fsp3) is 0.238. The van der Waals surface area contributed by atoms with Crippen LogP contribution in [0.4, 0.5) is 0 Å². The predicted molar refractivity (Wildman–Crippen MR) is 117 cm³/mol. The summed E-state index contributed by atoms with van der Waals surface area (Å²) in [7, 11) is 0. The summed E-state index contributed by atoms with van der Waals surface area (Å²) in [6.07, 6.45) is 3.60. The largest absolute Gasteiger partial charge is 0.494 e. The average Bonchev–Trinajstić information content (AvgIpc) is 3.33. The Balaban J connectivity index is 1.67. The zero-order chi connectivity index (χ0) is 20.5. The second kappa shape index (κ2) is 7.71. The molecular formula is C21H21N5O2S. The molecule has 7 nitrogen and oxygen atoms in total. The molecular weight excluding hydrogens is 386 g/mol. The molecule has 3 heterocycles. The van der Waals surface area contributed by atoms with Gasteiger partial charge in [0.1, 0.15) is 10.8 Å². The maximum atomic E-state index is 12.6. The molecule has 0 unspecified atom stereocenters. The highest BCUT2D eigenvalue weighted by atomic mass is 32.2. The Hall–Kier alpha value is -3.13. The topological polar surface area (TPSA) is 83.0 Å². The van der Waals surface area contributed by atoms with Crippen LogP contribution < -0.4 is 4.74 Å². The van der Waals surface area contributed by atoms with Gasteiger partial charge in [-0.2, -0.15) is 15.1 Å². The first-order valence-electron chi connectivity index (χ1n) is 9.38. The van der Waals surface area contributed by atoms with Crippen molar-refractivity contribution in [1.29, 1.82) is 5.41 Å². The van der Waals surface area contributed by atoms with E-state index in [0.717, 1.165) is 22.2 Å². The number of thioether (sulfide) groups is 1. The van der Waals surface area contributed by atoms with Gasteiger partial charge in [-0.15, -0.1) is 0 Å². The van der Waals surface area contributed by atoms with Gasteiger partial charge >= 0.3 is 0 Å². The number of hydrogen-bond donors (Lipinski definition) is 1. The van der Waals surface area contributed by atoms with Crippen LogP contribution in [0.15, 0.2) is 58.3 Å². The third-order valence-electron chi connectivity index (χ3n) is 4.46. The average molecular weight is 407 g/mol. The number of amidine groups is 2. The van der Waals surface area contributed by atoms with Crippen molar-refractivity contribution < 1.29 is 9.53 Å². The van der Waals surface area contributed by atoms with Crippen LogP contribution in [0, 0.1) is 11.3 Å². The number of aliphatic imine (C=N–C) groups is 1. The van der Waals surface area contributed by atoms with Crippen molar-refractivity contribution in [3.63, 3.8) is 0 Å². The number of nitrogens with one attached hydrogen (secondary N) is 1. The number of rotatable bonds is 5. The summed E-state index contributed by atoms with van der Waals surface area (Å²) < 4.78 is 7.44. The Morgan fingerprint density at radius 2 is 2.00 bits per heavy atom. The highest BCUT2D eigenvalue weighted by molar-refractivity contribution is 8.27. The predicted octanol–water partition coefficient (Wildman–Crippen LogP) is 4.15. The van der Waals surface area contributed by atoms with E-state index in [9.17, 15) is 4.79 Å². The van der Waals surface area contributed by atoms with Gasteiger partial charge < -0.3 is 9.30 Å². The van der Waals surface area contributed by atoms with Gasteiger partial charge in [0.15, 0.2) is 5.84 Å². The van der Waals surface area contributed by atoms with Crippen LogP contribution >= 0.6 is 11.8 Å². The molecule has 0 fully saturated rings. The highest BCUT2D eigenvalue weighted by Gasteiger charge is 2.36. The molecule has 0 atom stereocenters. The van der Waals surface area contributed by atoms with Crippen molar-refractivity contribution >= 4 is 39.8 Å². The highest BCUT2D eigenvalue weighted by Crippen LogP contribution is 2.31. The summed E-state index contributed by atoms with van der Waals surface area (Å²) in [5, 5.41) is 15.7. The van der Waals surface area contributed by atoms with Gasteiger partial charge in [-0.25, -0.2) is 0 Å². The molecule has 0 saturated carbocycles. The number of aromatic nitrogens is 1. The van der Waals surface area contributed by atoms with Crippen LogP contribution in [0.3, 0.4) is 0 Å². The molecule has 2 aliphatic rings. The van der Waals surface area contributed by atoms with E-state index in [1.807, 2.05) is 67.9 Å². The van der Waals surface area contributed by atoms with Gasteiger partial charge in [0.2, 0.25) is 5.17 Å². The first kappa shape index (κ1) is 19.2. The van der Waals surface area contributed by atoms with Crippen molar-refractivity contribution in [3.8, 4) is 11.4 Å². The lowest BCUT2D eigenvalue weighted by molar-refractivity contribution is -0.114. The van der Waals surface area contributed by atoms with Crippen molar-refractivity contribution in [3.05, 3.63) is 53.9 Å². The number of carbonyl (C=O) groups is 1. The number of hydrazone groups is 1. The summed E-state index contributed by atoms with van der Waals surface area (Å²) in [6.45, 7) is 6.61. The maximum absolute atomic E-state index is 12.6. The fourth-order valence-electron chi connectivity index (χ4n) is 3.00. The summed E-state index contributed by atoms with van der Waals surface area (Å²) in [5.41, 5.74) is 1.93. The summed E-state index contributed by atoms with van der Waals surface area (Å²) in [4.78, 5) is 16.7. The fourth-order valence-corrected chi connectivity index (χ4v) is 3.90. The van der Waals surface area contributed by atoms with E-state index in [2.05, 4.69) is 10.1 Å². The molecule has 2 aromatic rings. The molecule has 0 spiro atoms. The lowest BCUT2D eigenvalue weighted by atomic mass is 10.1. The molecule has 8 heteroatoms. The first-order valence-corrected chi connectivity index (χ1v) is 10.2. The van der Waals surface area contributed by atoms with Crippen molar-refractivity contribution in [2.24, 2.45) is 16.0 Å². The minimum absolute atomic E-state index is 0.0441. The third kappa shape index (κ3) is 3.63. The minimum atomic E-state index is -0.423. The first-order chi connectivity index (χ1) is 14.0. The Morgan fingerprint density at radius 3 is 2.69 bits per heavy atom. The number of fused-ring (bicyclic) bond motifs is 1. The lowest BCUT2D eigenvalue weighted by Gasteiger charge is -2.20. The number of carbonyl (C=O) groups excluding carboxylic acids is 1. The van der Waals surface area contributed by atoms with E-state index >= 15 is 0 Å². The van der Waals surface area contributed by atoms with Crippen molar-refractivity contribution in [2.45, 2.75) is 20.8 Å². The number of benzene rings is 1. The van der Waals surface area contributed by atoms with Gasteiger partial charge in [0.05, 0.1) is 12.2 Å². The molecule has 148 valence electrons. The molecule has 4 rings (SSSR count). The molecule has 0 aliphatic carbocycles. The van der Waals surface area contributed by atoms with Gasteiger partial charge in [0.25, 0.3) is 5.91 Å². The Bertz CT molecular complexity index is 1060. The van der Waals surface area contributed by atoms with Crippen LogP contribution in [-0.2, 0) is 4.79 Å². The van der Waals surface area contributed by atoms with Crippen molar-refractivity contribution in [1.82, 2.24) is 9.58 Å². The number of hydrogen-bond acceptors (Lipinski definition) is 5. The Labute approximate surface area is 173 Å². The van der Waals surface area contributed by atoms with E-state index in [-0.39, 0.29) is 17.3 Å². The standard InChI is InChI=1S/C21H21N5O2S/c1-4-28-16-9-7-14(8-10-16)25-11-5-6-15(25)12-17-18(22)26-21(23-19(17)27)29-20(24-26)13(2)3/h5-13,22H,4H2,1-3H3/b17-12-,22-18?. The number of ether oxygens (including phenoxy) is 1. The van der Waals surface area contributed by atoms with Crippen LogP contribution in [0.1, 0.15) is 26.5 Å². The molecule has 29 heavy (non-hydrogen) atoms. The second-order valence-corrected chi connectivity index (χ2v) is 7.83.